The first kappa shape index (κ1) is 15.3. The number of anilines is 1. The fourth-order valence-electron chi connectivity index (χ4n) is 1.37. The highest BCUT2D eigenvalue weighted by Gasteiger charge is 2.21. The summed E-state index contributed by atoms with van der Waals surface area (Å²) in [6.07, 6.45) is 0. The van der Waals surface area contributed by atoms with Crippen LogP contribution in [0.4, 0.5) is 18.9 Å². The molecule has 0 amide bonds. The topological polar surface area (TPSA) is 83.5 Å². The Morgan fingerprint density at radius 3 is 2.29 bits per heavy atom. The molecule has 0 atom stereocenters. The molecule has 0 aliphatic heterocycles. The highest BCUT2D eigenvalue weighted by atomic mass is 32.2. The smallest absolute Gasteiger partial charge is 0.336 e. The first-order chi connectivity index (χ1) is 9.70. The maximum absolute atomic E-state index is 13.4. The summed E-state index contributed by atoms with van der Waals surface area (Å²) in [6.45, 7) is 0. The van der Waals surface area contributed by atoms with Crippen molar-refractivity contribution >= 4 is 33.0 Å². The molecule has 2 aromatic rings. The zero-order valence-electron chi connectivity index (χ0n) is 9.93. The van der Waals surface area contributed by atoms with Crippen LogP contribution in [0, 0.1) is 17.5 Å². The van der Waals surface area contributed by atoms with Crippen LogP contribution in [0.2, 0.25) is 0 Å². The third-order valence-corrected chi connectivity index (χ3v) is 5.15. The second kappa shape index (κ2) is 5.37. The molecule has 2 rings (SSSR count). The minimum Gasteiger partial charge on any atom is -0.478 e. The molecule has 0 aliphatic rings. The molecule has 0 aliphatic carbocycles. The number of halogens is 3. The number of carbonyl (C=O) groups is 1. The molecule has 0 spiro atoms. The van der Waals surface area contributed by atoms with Gasteiger partial charge in [0.2, 0.25) is 0 Å². The summed E-state index contributed by atoms with van der Waals surface area (Å²) in [5.41, 5.74) is -1.04. The number of nitrogens with one attached hydrogen (secondary N) is 1. The number of thiophene rings is 1. The van der Waals surface area contributed by atoms with Crippen LogP contribution in [0.15, 0.2) is 27.8 Å². The normalized spacial score (nSPS) is 11.4. The Bertz CT molecular complexity index is 817. The maximum atomic E-state index is 13.4. The van der Waals surface area contributed by atoms with Gasteiger partial charge in [0.1, 0.15) is 10.0 Å². The summed E-state index contributed by atoms with van der Waals surface area (Å²) in [6, 6.07) is 1.42. The monoisotopic (exact) mass is 337 g/mol. The van der Waals surface area contributed by atoms with E-state index in [0.29, 0.717) is 17.4 Å². The Balaban J connectivity index is 2.37. The lowest BCUT2D eigenvalue weighted by Gasteiger charge is -2.07. The molecule has 10 heteroatoms. The SMILES string of the molecule is O=C(O)c1csc(S(=O)(=O)Nc2cc(F)c(F)cc2F)c1. The van der Waals surface area contributed by atoms with E-state index < -0.39 is 43.3 Å². The number of benzene rings is 1. The van der Waals surface area contributed by atoms with E-state index in [1.807, 2.05) is 0 Å². The zero-order valence-corrected chi connectivity index (χ0v) is 11.6. The van der Waals surface area contributed by atoms with Crippen LogP contribution in [-0.4, -0.2) is 19.5 Å². The number of hydrogen-bond acceptors (Lipinski definition) is 4. The van der Waals surface area contributed by atoms with Crippen LogP contribution >= 0.6 is 11.3 Å². The van der Waals surface area contributed by atoms with Crippen LogP contribution in [0.3, 0.4) is 0 Å². The Morgan fingerprint density at radius 2 is 1.71 bits per heavy atom. The first-order valence-corrected chi connectivity index (χ1v) is 7.56. The van der Waals surface area contributed by atoms with Crippen LogP contribution in [0.5, 0.6) is 0 Å². The molecule has 0 fully saturated rings. The van der Waals surface area contributed by atoms with Gasteiger partial charge < -0.3 is 5.11 Å². The first-order valence-electron chi connectivity index (χ1n) is 5.20. The number of hydrogen-bond donors (Lipinski definition) is 2. The van der Waals surface area contributed by atoms with Crippen molar-refractivity contribution in [2.45, 2.75) is 4.21 Å². The van der Waals surface area contributed by atoms with Crippen LogP contribution < -0.4 is 4.72 Å². The molecule has 0 saturated carbocycles. The standard InChI is InChI=1S/C11H6F3NO4S2/c12-6-2-8(14)9(3-7(6)13)15-21(18,19)10-1-5(4-20-10)11(16)17/h1-4,15H,(H,16,17). The fourth-order valence-corrected chi connectivity index (χ4v) is 3.58. The van der Waals surface area contributed by atoms with E-state index in [1.54, 1.807) is 4.72 Å². The van der Waals surface area contributed by atoms with Gasteiger partial charge in [0, 0.05) is 17.5 Å². The van der Waals surface area contributed by atoms with E-state index >= 15 is 0 Å². The third-order valence-electron chi connectivity index (χ3n) is 2.34. The lowest BCUT2D eigenvalue weighted by Crippen LogP contribution is -2.13. The summed E-state index contributed by atoms with van der Waals surface area (Å²) >= 11 is 0.596. The second-order valence-electron chi connectivity index (χ2n) is 3.81. The van der Waals surface area contributed by atoms with Crippen LogP contribution in [0.1, 0.15) is 10.4 Å². The van der Waals surface area contributed by atoms with Gasteiger partial charge in [-0.2, -0.15) is 0 Å². The predicted molar refractivity (Wildman–Crippen MR) is 68.4 cm³/mol. The van der Waals surface area contributed by atoms with Crippen molar-refractivity contribution in [1.29, 1.82) is 0 Å². The lowest BCUT2D eigenvalue weighted by molar-refractivity contribution is 0.0697. The Morgan fingerprint density at radius 1 is 1.10 bits per heavy atom. The quantitative estimate of drug-likeness (QED) is 0.840. The van der Waals surface area contributed by atoms with Crippen molar-refractivity contribution in [3.8, 4) is 0 Å². The Kier molecular flexibility index (Phi) is 3.92. The molecule has 1 aromatic heterocycles. The number of carboxylic acid groups (broad SMARTS) is 1. The average Bonchev–Trinajstić information content (AvgIpc) is 2.86. The van der Waals surface area contributed by atoms with Crippen LogP contribution in [0.25, 0.3) is 0 Å². The molecule has 2 N–H and O–H groups in total. The molecule has 0 bridgehead atoms. The Hall–Kier alpha value is -2.07. The van der Waals surface area contributed by atoms with E-state index in [0.717, 1.165) is 11.4 Å². The molecule has 0 radical (unpaired) electrons. The third kappa shape index (κ3) is 3.16. The molecule has 112 valence electrons. The highest BCUT2D eigenvalue weighted by Crippen LogP contribution is 2.25. The Labute approximate surface area is 120 Å². The van der Waals surface area contributed by atoms with Gasteiger partial charge in [-0.15, -0.1) is 11.3 Å². The number of carboxylic acids is 1. The minimum absolute atomic E-state index is 0.199. The van der Waals surface area contributed by atoms with Gasteiger partial charge in [0.15, 0.2) is 11.6 Å². The summed E-state index contributed by atoms with van der Waals surface area (Å²) in [7, 11) is -4.30. The van der Waals surface area contributed by atoms with E-state index in [1.165, 1.54) is 0 Å². The lowest BCUT2D eigenvalue weighted by atomic mass is 10.3. The number of aromatic carboxylic acids is 1. The van der Waals surface area contributed by atoms with Crippen molar-refractivity contribution in [3.63, 3.8) is 0 Å². The molecule has 0 unspecified atom stereocenters. The maximum Gasteiger partial charge on any atom is 0.336 e. The number of sulfonamides is 1. The van der Waals surface area contributed by atoms with Gasteiger partial charge in [0.25, 0.3) is 10.0 Å². The second-order valence-corrected chi connectivity index (χ2v) is 6.63. The van der Waals surface area contributed by atoms with Crippen molar-refractivity contribution in [2.75, 3.05) is 4.72 Å². The van der Waals surface area contributed by atoms with Crippen molar-refractivity contribution in [2.24, 2.45) is 0 Å². The van der Waals surface area contributed by atoms with Crippen molar-refractivity contribution in [3.05, 3.63) is 46.6 Å². The average molecular weight is 337 g/mol. The van der Waals surface area contributed by atoms with Gasteiger partial charge in [-0.3, -0.25) is 4.72 Å². The number of rotatable bonds is 4. The van der Waals surface area contributed by atoms with Crippen molar-refractivity contribution in [1.82, 2.24) is 0 Å². The molecule has 5 nitrogen and oxygen atoms in total. The molecule has 21 heavy (non-hydrogen) atoms. The summed E-state index contributed by atoms with van der Waals surface area (Å²) in [5, 5.41) is 9.79. The fraction of sp³-hybridized carbons (Fsp3) is 0. The van der Waals surface area contributed by atoms with Crippen LogP contribution in [-0.2, 0) is 10.0 Å². The van der Waals surface area contributed by atoms with Gasteiger partial charge in [0.05, 0.1) is 11.3 Å². The molecule has 0 saturated heterocycles. The zero-order chi connectivity index (χ0) is 15.8. The minimum atomic E-state index is -4.30. The summed E-state index contributed by atoms with van der Waals surface area (Å²) in [5.74, 6) is -5.51. The predicted octanol–water partition coefficient (Wildman–Crippen LogP) is 2.66. The van der Waals surface area contributed by atoms with E-state index in [2.05, 4.69) is 0 Å². The summed E-state index contributed by atoms with van der Waals surface area (Å²) in [4.78, 5) is 10.7. The molecular formula is C11H6F3NO4S2. The van der Waals surface area contributed by atoms with Gasteiger partial charge in [-0.1, -0.05) is 0 Å². The van der Waals surface area contributed by atoms with Gasteiger partial charge in [-0.25, -0.2) is 26.4 Å². The van der Waals surface area contributed by atoms with E-state index in [9.17, 15) is 26.4 Å². The van der Waals surface area contributed by atoms with Gasteiger partial charge >= 0.3 is 5.97 Å². The van der Waals surface area contributed by atoms with E-state index in [4.69, 9.17) is 5.11 Å². The molecular weight excluding hydrogens is 331 g/mol. The summed E-state index contributed by atoms with van der Waals surface area (Å²) < 4.78 is 64.3. The molecule has 1 heterocycles. The van der Waals surface area contributed by atoms with Crippen molar-refractivity contribution < 1.29 is 31.5 Å². The largest absolute Gasteiger partial charge is 0.478 e. The molecule has 1 aromatic carbocycles. The van der Waals surface area contributed by atoms with Gasteiger partial charge in [-0.05, 0) is 6.07 Å². The van der Waals surface area contributed by atoms with E-state index in [-0.39, 0.29) is 11.6 Å². The highest BCUT2D eigenvalue weighted by molar-refractivity contribution is 7.94.